The van der Waals surface area contributed by atoms with Gasteiger partial charge in [0.15, 0.2) is 0 Å². The van der Waals surface area contributed by atoms with E-state index < -0.39 is 11.9 Å². The van der Waals surface area contributed by atoms with Crippen molar-refractivity contribution in [2.45, 2.75) is 32.5 Å². The summed E-state index contributed by atoms with van der Waals surface area (Å²) in [4.78, 5) is 15.2. The maximum absolute atomic E-state index is 12.9. The molecule has 1 unspecified atom stereocenters. The number of nitrogens with zero attached hydrogens (tertiary/aromatic N) is 6. The predicted octanol–water partition coefficient (Wildman–Crippen LogP) is 4.32. The minimum atomic E-state index is -4.51. The van der Waals surface area contributed by atoms with Crippen molar-refractivity contribution in [3.63, 3.8) is 0 Å². The molecule has 0 amide bonds. The van der Waals surface area contributed by atoms with Crippen LogP contribution in [0.2, 0.25) is 0 Å². The van der Waals surface area contributed by atoms with E-state index >= 15 is 0 Å². The molecule has 1 atom stereocenters. The van der Waals surface area contributed by atoms with Gasteiger partial charge in [-0.15, -0.1) is 16.4 Å². The zero-order valence-corrected chi connectivity index (χ0v) is 17.5. The van der Waals surface area contributed by atoms with Crippen LogP contribution in [0.3, 0.4) is 0 Å². The topological polar surface area (TPSA) is 76.9 Å². The van der Waals surface area contributed by atoms with E-state index in [1.54, 1.807) is 0 Å². The van der Waals surface area contributed by atoms with Crippen LogP contribution in [0.15, 0.2) is 24.7 Å². The number of pyridine rings is 1. The van der Waals surface area contributed by atoms with Gasteiger partial charge in [-0.3, -0.25) is 4.98 Å². The molecule has 1 fully saturated rings. The van der Waals surface area contributed by atoms with Crippen LogP contribution in [0.25, 0.3) is 20.4 Å². The first-order valence-electron chi connectivity index (χ1n) is 9.63. The van der Waals surface area contributed by atoms with Crippen molar-refractivity contribution in [3.05, 3.63) is 41.6 Å². The van der Waals surface area contributed by atoms with Crippen molar-refractivity contribution in [3.8, 4) is 5.75 Å². The Labute approximate surface area is 178 Å². The first-order chi connectivity index (χ1) is 14.8. The van der Waals surface area contributed by atoms with E-state index in [1.807, 2.05) is 13.8 Å². The van der Waals surface area contributed by atoms with Gasteiger partial charge in [-0.25, -0.2) is 9.97 Å². The Morgan fingerprint density at radius 3 is 2.81 bits per heavy atom. The zero-order valence-electron chi connectivity index (χ0n) is 16.6. The van der Waals surface area contributed by atoms with Crippen molar-refractivity contribution in [2.75, 3.05) is 18.0 Å². The van der Waals surface area contributed by atoms with Crippen molar-refractivity contribution in [1.29, 1.82) is 0 Å². The molecule has 0 aromatic carbocycles. The number of hydrogen-bond donors (Lipinski definition) is 0. The van der Waals surface area contributed by atoms with E-state index in [-0.39, 0.29) is 11.9 Å². The van der Waals surface area contributed by atoms with Crippen molar-refractivity contribution in [1.82, 2.24) is 25.1 Å². The predicted molar refractivity (Wildman–Crippen MR) is 110 cm³/mol. The van der Waals surface area contributed by atoms with Gasteiger partial charge in [0.25, 0.3) is 0 Å². The molecule has 31 heavy (non-hydrogen) atoms. The van der Waals surface area contributed by atoms with Gasteiger partial charge >= 0.3 is 6.18 Å². The Hall–Kier alpha value is -3.08. The second-order valence-electron chi connectivity index (χ2n) is 7.42. The average Bonchev–Trinajstić information content (AvgIpc) is 3.35. The standard InChI is InChI=1S/C20H17F3N6OS/c1-10-11(2)27-28-19-15(10)16-17(31-19)18(26-9-25-16)29-6-4-13(8-29)30-12-3-5-24-14(7-12)20(21,22)23/h3,5,7,9,13H,4,6,8H2,1-2H3. The van der Waals surface area contributed by atoms with Crippen LogP contribution in [0.4, 0.5) is 19.0 Å². The third-order valence-corrected chi connectivity index (χ3v) is 6.47. The lowest BCUT2D eigenvalue weighted by Gasteiger charge is -2.18. The molecule has 0 bridgehead atoms. The Morgan fingerprint density at radius 2 is 2.00 bits per heavy atom. The molecule has 0 radical (unpaired) electrons. The number of thiophene rings is 1. The van der Waals surface area contributed by atoms with E-state index in [1.165, 1.54) is 23.7 Å². The van der Waals surface area contributed by atoms with Gasteiger partial charge in [0, 0.05) is 30.6 Å². The molecule has 1 aliphatic heterocycles. The highest BCUT2D eigenvalue weighted by Crippen LogP contribution is 2.39. The molecule has 7 nitrogen and oxygen atoms in total. The molecule has 0 aliphatic carbocycles. The lowest BCUT2D eigenvalue weighted by atomic mass is 10.1. The minimum Gasteiger partial charge on any atom is -0.488 e. The number of rotatable bonds is 3. The van der Waals surface area contributed by atoms with E-state index in [9.17, 15) is 13.2 Å². The number of anilines is 1. The van der Waals surface area contributed by atoms with E-state index in [0.29, 0.717) is 19.5 Å². The van der Waals surface area contributed by atoms with E-state index in [2.05, 4.69) is 30.0 Å². The molecule has 0 saturated carbocycles. The molecule has 1 aliphatic rings. The Morgan fingerprint density at radius 1 is 1.16 bits per heavy atom. The molecule has 5 rings (SSSR count). The Bertz CT molecular complexity index is 1290. The summed E-state index contributed by atoms with van der Waals surface area (Å²) in [6.07, 6.45) is -1.45. The second-order valence-corrected chi connectivity index (χ2v) is 8.42. The Balaban J connectivity index is 1.42. The van der Waals surface area contributed by atoms with Gasteiger partial charge in [0.05, 0.1) is 22.5 Å². The summed E-state index contributed by atoms with van der Waals surface area (Å²) in [6.45, 7) is 5.10. The number of ether oxygens (including phenoxy) is 1. The first kappa shape index (κ1) is 19.9. The molecule has 11 heteroatoms. The fourth-order valence-corrected chi connectivity index (χ4v) is 4.90. The summed E-state index contributed by atoms with van der Waals surface area (Å²) in [5, 5.41) is 9.50. The molecule has 4 aromatic heterocycles. The quantitative estimate of drug-likeness (QED) is 0.464. The molecule has 160 valence electrons. The van der Waals surface area contributed by atoms with Crippen molar-refractivity contribution < 1.29 is 17.9 Å². The fraction of sp³-hybridized carbons (Fsp3) is 0.350. The van der Waals surface area contributed by atoms with Gasteiger partial charge in [-0.05, 0) is 25.5 Å². The second kappa shape index (κ2) is 7.26. The molecular weight excluding hydrogens is 429 g/mol. The summed E-state index contributed by atoms with van der Waals surface area (Å²) in [6, 6.07) is 2.37. The summed E-state index contributed by atoms with van der Waals surface area (Å²) in [5.41, 5.74) is 1.78. The molecule has 0 spiro atoms. The van der Waals surface area contributed by atoms with Crippen LogP contribution in [0.1, 0.15) is 23.4 Å². The SMILES string of the molecule is Cc1nnc2sc3c(N4CCC(Oc5ccnc(C(F)(F)F)c5)C4)ncnc3c2c1C. The summed E-state index contributed by atoms with van der Waals surface area (Å²) < 4.78 is 45.5. The zero-order chi connectivity index (χ0) is 21.8. The Kier molecular flexibility index (Phi) is 4.65. The largest absolute Gasteiger partial charge is 0.488 e. The van der Waals surface area contributed by atoms with Gasteiger partial charge in [0.2, 0.25) is 0 Å². The lowest BCUT2D eigenvalue weighted by molar-refractivity contribution is -0.141. The highest BCUT2D eigenvalue weighted by Gasteiger charge is 2.33. The van der Waals surface area contributed by atoms with Crippen molar-refractivity contribution >= 4 is 37.6 Å². The first-order valence-corrected chi connectivity index (χ1v) is 10.4. The van der Waals surface area contributed by atoms with Gasteiger partial charge in [-0.1, -0.05) is 0 Å². The highest BCUT2D eigenvalue weighted by molar-refractivity contribution is 7.26. The highest BCUT2D eigenvalue weighted by atomic mass is 32.1. The molecule has 4 aromatic rings. The van der Waals surface area contributed by atoms with Gasteiger partial charge in [0.1, 0.15) is 34.5 Å². The lowest BCUT2D eigenvalue weighted by Crippen LogP contribution is -2.25. The molecule has 1 saturated heterocycles. The van der Waals surface area contributed by atoms with E-state index in [0.717, 1.165) is 49.8 Å². The third-order valence-electron chi connectivity index (χ3n) is 5.41. The maximum Gasteiger partial charge on any atom is 0.433 e. The number of hydrogen-bond acceptors (Lipinski definition) is 8. The number of alkyl halides is 3. The van der Waals surface area contributed by atoms with Crippen LogP contribution in [-0.4, -0.2) is 44.3 Å². The maximum atomic E-state index is 12.9. The normalized spacial score (nSPS) is 17.1. The smallest absolute Gasteiger partial charge is 0.433 e. The summed E-state index contributed by atoms with van der Waals surface area (Å²) in [5.74, 6) is 0.937. The van der Waals surface area contributed by atoms with E-state index in [4.69, 9.17) is 4.74 Å². The fourth-order valence-electron chi connectivity index (χ4n) is 3.74. The van der Waals surface area contributed by atoms with Gasteiger partial charge in [-0.2, -0.15) is 18.3 Å². The van der Waals surface area contributed by atoms with Crippen LogP contribution in [0, 0.1) is 13.8 Å². The van der Waals surface area contributed by atoms with Crippen LogP contribution >= 0.6 is 11.3 Å². The number of fused-ring (bicyclic) bond motifs is 3. The summed E-state index contributed by atoms with van der Waals surface area (Å²) >= 11 is 1.49. The van der Waals surface area contributed by atoms with Crippen LogP contribution in [0.5, 0.6) is 5.75 Å². The average molecular weight is 446 g/mol. The van der Waals surface area contributed by atoms with Gasteiger partial charge < -0.3 is 9.64 Å². The molecular formula is C20H17F3N6OS. The monoisotopic (exact) mass is 446 g/mol. The van der Waals surface area contributed by atoms with Crippen LogP contribution in [-0.2, 0) is 6.18 Å². The third kappa shape index (κ3) is 3.52. The number of aryl methyl sites for hydroxylation is 2. The number of halogens is 3. The molecule has 0 N–H and O–H groups in total. The number of aromatic nitrogens is 5. The van der Waals surface area contributed by atoms with Crippen molar-refractivity contribution in [2.24, 2.45) is 0 Å². The van der Waals surface area contributed by atoms with Crippen LogP contribution < -0.4 is 9.64 Å². The molecule has 5 heterocycles. The summed E-state index contributed by atoms with van der Waals surface area (Å²) in [7, 11) is 0. The minimum absolute atomic E-state index is 0.158.